The van der Waals surface area contributed by atoms with Crippen molar-refractivity contribution in [2.45, 2.75) is 45.1 Å². The van der Waals surface area contributed by atoms with Gasteiger partial charge in [0, 0.05) is 24.8 Å². The first kappa shape index (κ1) is 9.69. The quantitative estimate of drug-likeness (QED) is 0.721. The van der Waals surface area contributed by atoms with Crippen LogP contribution in [0.4, 0.5) is 0 Å². The van der Waals surface area contributed by atoms with Crippen molar-refractivity contribution in [2.75, 3.05) is 0 Å². The molecule has 0 aromatic rings. The normalized spacial score (nSPS) is 32.8. The van der Waals surface area contributed by atoms with Crippen LogP contribution in [0, 0.1) is 11.8 Å². The van der Waals surface area contributed by atoms with E-state index in [2.05, 4.69) is 12.2 Å². The molecule has 0 heterocycles. The molecule has 0 aromatic carbocycles. The summed E-state index contributed by atoms with van der Waals surface area (Å²) >= 11 is 0. The second kappa shape index (κ2) is 3.71. The molecule has 14 heavy (non-hydrogen) atoms. The van der Waals surface area contributed by atoms with Gasteiger partial charge in [0.1, 0.15) is 5.78 Å². The molecule has 0 radical (unpaired) electrons. The van der Waals surface area contributed by atoms with Crippen molar-refractivity contribution in [1.29, 1.82) is 0 Å². The third-order valence-corrected chi connectivity index (χ3v) is 3.34. The second-order valence-electron chi connectivity index (χ2n) is 4.64. The summed E-state index contributed by atoms with van der Waals surface area (Å²) in [7, 11) is 0. The van der Waals surface area contributed by atoms with Gasteiger partial charge in [0.25, 0.3) is 0 Å². The molecule has 2 saturated carbocycles. The summed E-state index contributed by atoms with van der Waals surface area (Å²) in [6, 6.07) is 0.257. The number of carbonyl (C=O) groups excluding carboxylic acids is 2. The van der Waals surface area contributed by atoms with Crippen molar-refractivity contribution in [1.82, 2.24) is 5.32 Å². The van der Waals surface area contributed by atoms with E-state index in [0.29, 0.717) is 24.5 Å². The topological polar surface area (TPSA) is 46.2 Å². The molecule has 0 saturated heterocycles. The monoisotopic (exact) mass is 195 g/mol. The number of ketones is 1. The summed E-state index contributed by atoms with van der Waals surface area (Å²) in [5.74, 6) is 1.37. The Morgan fingerprint density at radius 2 is 1.93 bits per heavy atom. The highest BCUT2D eigenvalue weighted by molar-refractivity contribution is 5.83. The fourth-order valence-corrected chi connectivity index (χ4v) is 2.08. The zero-order valence-electron chi connectivity index (χ0n) is 8.58. The van der Waals surface area contributed by atoms with E-state index in [9.17, 15) is 9.59 Å². The molecule has 78 valence electrons. The summed E-state index contributed by atoms with van der Waals surface area (Å²) in [6.45, 7) is 2.11. The summed E-state index contributed by atoms with van der Waals surface area (Å²) < 4.78 is 0. The summed E-state index contributed by atoms with van der Waals surface area (Å²) in [4.78, 5) is 22.5. The highest BCUT2D eigenvalue weighted by atomic mass is 16.2. The number of amides is 1. The Kier molecular flexibility index (Phi) is 2.57. The van der Waals surface area contributed by atoms with Crippen LogP contribution in [-0.4, -0.2) is 17.7 Å². The zero-order chi connectivity index (χ0) is 10.1. The number of Topliss-reactive ketones (excluding diaryl/α,β-unsaturated/α-hetero) is 1. The van der Waals surface area contributed by atoms with Gasteiger partial charge < -0.3 is 5.32 Å². The lowest BCUT2D eigenvalue weighted by Gasteiger charge is -2.22. The molecule has 2 rings (SSSR count). The van der Waals surface area contributed by atoms with Crippen LogP contribution >= 0.6 is 0 Å². The Balaban J connectivity index is 1.75. The molecule has 3 nitrogen and oxygen atoms in total. The van der Waals surface area contributed by atoms with Gasteiger partial charge in [-0.1, -0.05) is 6.92 Å². The molecule has 1 amide bonds. The van der Waals surface area contributed by atoms with Crippen molar-refractivity contribution in [3.63, 3.8) is 0 Å². The van der Waals surface area contributed by atoms with E-state index < -0.39 is 0 Å². The van der Waals surface area contributed by atoms with Crippen molar-refractivity contribution in [3.05, 3.63) is 0 Å². The maximum Gasteiger partial charge on any atom is 0.223 e. The van der Waals surface area contributed by atoms with Gasteiger partial charge in [-0.15, -0.1) is 0 Å². The molecule has 2 unspecified atom stereocenters. The fourth-order valence-electron chi connectivity index (χ4n) is 2.08. The Bertz CT molecular complexity index is 252. The number of nitrogens with one attached hydrogen (secondary N) is 1. The summed E-state index contributed by atoms with van der Waals surface area (Å²) in [5, 5.41) is 3.04. The Hall–Kier alpha value is -0.860. The largest absolute Gasteiger partial charge is 0.353 e. The number of carbonyl (C=O) groups is 2. The second-order valence-corrected chi connectivity index (χ2v) is 4.64. The van der Waals surface area contributed by atoms with E-state index in [1.807, 2.05) is 0 Å². The lowest BCUT2D eigenvalue weighted by molar-refractivity contribution is -0.125. The summed E-state index contributed by atoms with van der Waals surface area (Å²) in [6.07, 6.45) is 4.01. The minimum atomic E-state index is 0.205. The molecule has 1 N–H and O–H groups in total. The van der Waals surface area contributed by atoms with Crippen LogP contribution in [0.1, 0.15) is 39.0 Å². The van der Waals surface area contributed by atoms with Crippen molar-refractivity contribution in [2.24, 2.45) is 11.8 Å². The first-order valence-corrected chi connectivity index (χ1v) is 5.49. The average molecular weight is 195 g/mol. The zero-order valence-corrected chi connectivity index (χ0v) is 8.58. The van der Waals surface area contributed by atoms with Gasteiger partial charge in [-0.25, -0.2) is 0 Å². The highest BCUT2D eigenvalue weighted by Crippen LogP contribution is 2.37. The third kappa shape index (κ3) is 2.14. The first-order chi connectivity index (χ1) is 6.66. The molecule has 0 bridgehead atoms. The van der Waals surface area contributed by atoms with E-state index in [-0.39, 0.29) is 17.9 Å². The number of hydrogen-bond donors (Lipinski definition) is 1. The maximum absolute atomic E-state index is 11.6. The summed E-state index contributed by atoms with van der Waals surface area (Å²) in [5.41, 5.74) is 0. The molecule has 0 aromatic heterocycles. The molecular weight excluding hydrogens is 178 g/mol. The molecule has 0 aliphatic heterocycles. The lowest BCUT2D eigenvalue weighted by Crippen LogP contribution is -2.38. The van der Waals surface area contributed by atoms with E-state index in [1.165, 1.54) is 0 Å². The van der Waals surface area contributed by atoms with Gasteiger partial charge in [-0.2, -0.15) is 0 Å². The Morgan fingerprint density at radius 1 is 1.36 bits per heavy atom. The lowest BCUT2D eigenvalue weighted by atomic mass is 9.94. The number of rotatable bonds is 2. The molecule has 0 spiro atoms. The molecule has 2 atom stereocenters. The maximum atomic E-state index is 11.6. The van der Waals surface area contributed by atoms with Crippen LogP contribution in [0.25, 0.3) is 0 Å². The Labute approximate surface area is 84.2 Å². The minimum Gasteiger partial charge on any atom is -0.353 e. The highest BCUT2D eigenvalue weighted by Gasteiger charge is 2.39. The SMILES string of the molecule is CC1CC1C(=O)NC1CCC(=O)CC1. The van der Waals surface area contributed by atoms with Gasteiger partial charge in [-0.05, 0) is 25.2 Å². The van der Waals surface area contributed by atoms with E-state index in [4.69, 9.17) is 0 Å². The van der Waals surface area contributed by atoms with E-state index in [1.54, 1.807) is 0 Å². The smallest absolute Gasteiger partial charge is 0.223 e. The van der Waals surface area contributed by atoms with Gasteiger partial charge >= 0.3 is 0 Å². The minimum absolute atomic E-state index is 0.205. The number of hydrogen-bond acceptors (Lipinski definition) is 2. The van der Waals surface area contributed by atoms with Crippen LogP contribution < -0.4 is 5.32 Å². The van der Waals surface area contributed by atoms with Gasteiger partial charge in [0.2, 0.25) is 5.91 Å². The van der Waals surface area contributed by atoms with Crippen molar-refractivity contribution in [3.8, 4) is 0 Å². The van der Waals surface area contributed by atoms with E-state index in [0.717, 1.165) is 19.3 Å². The third-order valence-electron chi connectivity index (χ3n) is 3.34. The van der Waals surface area contributed by atoms with Crippen molar-refractivity contribution >= 4 is 11.7 Å². The van der Waals surface area contributed by atoms with Gasteiger partial charge in [0.05, 0.1) is 0 Å². The Morgan fingerprint density at radius 3 is 2.43 bits per heavy atom. The van der Waals surface area contributed by atoms with Crippen LogP contribution in [0.3, 0.4) is 0 Å². The van der Waals surface area contributed by atoms with Crippen LogP contribution in [0.2, 0.25) is 0 Å². The van der Waals surface area contributed by atoms with Crippen LogP contribution in [0.15, 0.2) is 0 Å². The van der Waals surface area contributed by atoms with Gasteiger partial charge in [-0.3, -0.25) is 9.59 Å². The molecule has 2 aliphatic rings. The van der Waals surface area contributed by atoms with Crippen LogP contribution in [0.5, 0.6) is 0 Å². The molecule has 2 aliphatic carbocycles. The van der Waals surface area contributed by atoms with Gasteiger partial charge in [0.15, 0.2) is 0 Å². The molecule has 3 heteroatoms. The predicted octanol–water partition coefficient (Wildman–Crippen LogP) is 1.27. The fraction of sp³-hybridized carbons (Fsp3) is 0.818. The molecular formula is C11H17NO2. The van der Waals surface area contributed by atoms with Crippen molar-refractivity contribution < 1.29 is 9.59 Å². The van der Waals surface area contributed by atoms with Crippen LogP contribution in [-0.2, 0) is 9.59 Å². The average Bonchev–Trinajstić information content (AvgIpc) is 2.87. The first-order valence-electron chi connectivity index (χ1n) is 5.49. The van der Waals surface area contributed by atoms with E-state index >= 15 is 0 Å². The predicted molar refractivity (Wildman–Crippen MR) is 52.7 cm³/mol. The molecule has 2 fully saturated rings. The standard InChI is InChI=1S/C11H17NO2/c1-7-6-10(7)11(14)12-8-2-4-9(13)5-3-8/h7-8,10H,2-6H2,1H3,(H,12,14).